The Morgan fingerprint density at radius 1 is 1.43 bits per heavy atom. The molecule has 0 saturated carbocycles. The van der Waals surface area contributed by atoms with Crippen molar-refractivity contribution in [1.29, 1.82) is 0 Å². The molecule has 1 amide bonds. The summed E-state index contributed by atoms with van der Waals surface area (Å²) in [6, 6.07) is 5.47. The molecule has 0 spiro atoms. The van der Waals surface area contributed by atoms with Crippen molar-refractivity contribution in [3.8, 4) is 0 Å². The minimum atomic E-state index is -0.805. The van der Waals surface area contributed by atoms with Crippen LogP contribution in [-0.4, -0.2) is 26.6 Å². The second-order valence-electron chi connectivity index (χ2n) is 4.75. The first kappa shape index (κ1) is 15.9. The van der Waals surface area contributed by atoms with Gasteiger partial charge in [-0.25, -0.2) is 4.98 Å². The lowest BCUT2D eigenvalue weighted by Gasteiger charge is -2.01. The Morgan fingerprint density at radius 2 is 2.24 bits per heavy atom. The number of hydrogen-bond donors (Lipinski definition) is 2. The monoisotopic (exact) mass is 325 g/mol. The molecule has 0 radical (unpaired) electrons. The molecule has 2 aromatic rings. The molecular weight excluding hydrogens is 306 g/mol. The van der Waals surface area contributed by atoms with Crippen molar-refractivity contribution in [2.24, 2.45) is 0 Å². The maximum atomic E-state index is 11.8. The number of hydrogen-bond acceptors (Lipinski definition) is 5. The van der Waals surface area contributed by atoms with Gasteiger partial charge in [0.15, 0.2) is 5.13 Å². The van der Waals surface area contributed by atoms with Crippen LogP contribution in [0, 0.1) is 0 Å². The molecular formula is C14H19N3O2S2. The fourth-order valence-corrected chi connectivity index (χ4v) is 3.96. The van der Waals surface area contributed by atoms with E-state index in [0.717, 1.165) is 16.6 Å². The maximum absolute atomic E-state index is 11.8. The Morgan fingerprint density at radius 3 is 3.00 bits per heavy atom. The highest BCUT2D eigenvalue weighted by Crippen LogP contribution is 2.27. The summed E-state index contributed by atoms with van der Waals surface area (Å²) in [4.78, 5) is 16.2. The van der Waals surface area contributed by atoms with Gasteiger partial charge in [0.25, 0.3) is 0 Å². The number of fused-ring (bicyclic) bond motifs is 1. The van der Waals surface area contributed by atoms with Crippen LogP contribution in [0.25, 0.3) is 10.2 Å². The zero-order chi connectivity index (χ0) is 15.2. The molecule has 0 aliphatic heterocycles. The summed E-state index contributed by atoms with van der Waals surface area (Å²) in [5, 5.41) is 3.36. The third-order valence-electron chi connectivity index (χ3n) is 2.87. The predicted molar refractivity (Wildman–Crippen MR) is 90.1 cm³/mol. The summed E-state index contributed by atoms with van der Waals surface area (Å²) >= 11 is 1.40. The van der Waals surface area contributed by atoms with Gasteiger partial charge in [-0.15, -0.1) is 0 Å². The molecule has 5 nitrogen and oxygen atoms in total. The van der Waals surface area contributed by atoms with Crippen LogP contribution in [0.4, 0.5) is 10.8 Å². The van der Waals surface area contributed by atoms with Gasteiger partial charge in [-0.1, -0.05) is 18.3 Å². The molecule has 1 aromatic carbocycles. The lowest BCUT2D eigenvalue weighted by molar-refractivity contribution is -0.116. The summed E-state index contributed by atoms with van der Waals surface area (Å²) in [5.41, 5.74) is 7.23. The number of nitrogens with two attached hydrogens (primary N) is 1. The standard InChI is InChI=1S/C14H19N3O2S2/c1-2-7-21(19)8-3-4-13(18)17-14-16-11-6-5-10(15)9-12(11)20-14/h5-6,9H,2-4,7-8,15H2,1H3,(H,16,17,18). The van der Waals surface area contributed by atoms with Crippen LogP contribution in [-0.2, 0) is 15.6 Å². The van der Waals surface area contributed by atoms with Crippen molar-refractivity contribution in [1.82, 2.24) is 4.98 Å². The van der Waals surface area contributed by atoms with E-state index < -0.39 is 10.8 Å². The van der Waals surface area contributed by atoms with Crippen molar-refractivity contribution in [3.63, 3.8) is 0 Å². The van der Waals surface area contributed by atoms with Gasteiger partial charge in [0.1, 0.15) is 0 Å². The Balaban J connectivity index is 1.85. The molecule has 114 valence electrons. The molecule has 1 aromatic heterocycles. The zero-order valence-electron chi connectivity index (χ0n) is 11.9. The van der Waals surface area contributed by atoms with Crippen molar-refractivity contribution in [2.75, 3.05) is 22.6 Å². The minimum Gasteiger partial charge on any atom is -0.399 e. The number of rotatable bonds is 7. The lowest BCUT2D eigenvalue weighted by Crippen LogP contribution is -2.12. The SMILES string of the molecule is CCCS(=O)CCCC(=O)Nc1nc2ccc(N)cc2s1. The molecule has 0 aliphatic rings. The van der Waals surface area contributed by atoms with E-state index in [1.54, 1.807) is 6.07 Å². The molecule has 0 fully saturated rings. The molecule has 7 heteroatoms. The van der Waals surface area contributed by atoms with Crippen LogP contribution < -0.4 is 11.1 Å². The Bertz CT molecular complexity index is 655. The molecule has 2 rings (SSSR count). The van der Waals surface area contributed by atoms with E-state index in [-0.39, 0.29) is 5.91 Å². The van der Waals surface area contributed by atoms with Gasteiger partial charge < -0.3 is 11.1 Å². The largest absolute Gasteiger partial charge is 0.399 e. The molecule has 0 aliphatic carbocycles. The van der Waals surface area contributed by atoms with E-state index >= 15 is 0 Å². The van der Waals surface area contributed by atoms with Gasteiger partial charge in [0, 0.05) is 34.4 Å². The quantitative estimate of drug-likeness (QED) is 0.767. The van der Waals surface area contributed by atoms with Gasteiger partial charge in [-0.05, 0) is 31.0 Å². The van der Waals surface area contributed by atoms with Gasteiger partial charge in [0.2, 0.25) is 5.91 Å². The van der Waals surface area contributed by atoms with Crippen molar-refractivity contribution < 1.29 is 9.00 Å². The average molecular weight is 325 g/mol. The number of benzene rings is 1. The Hall–Kier alpha value is -1.47. The van der Waals surface area contributed by atoms with Crippen LogP contribution in [0.1, 0.15) is 26.2 Å². The average Bonchev–Trinajstić information content (AvgIpc) is 2.80. The molecule has 0 bridgehead atoms. The smallest absolute Gasteiger partial charge is 0.226 e. The maximum Gasteiger partial charge on any atom is 0.226 e. The first-order chi connectivity index (χ1) is 10.1. The third kappa shape index (κ3) is 4.78. The zero-order valence-corrected chi connectivity index (χ0v) is 13.6. The second-order valence-corrected chi connectivity index (χ2v) is 7.47. The number of aromatic nitrogens is 1. The number of nitrogens with zero attached hydrogens (tertiary/aromatic N) is 1. The predicted octanol–water partition coefficient (Wildman–Crippen LogP) is 2.76. The van der Waals surface area contributed by atoms with E-state index in [4.69, 9.17) is 5.73 Å². The number of nitrogen functional groups attached to an aromatic ring is 1. The summed E-state index contributed by atoms with van der Waals surface area (Å²) in [5.74, 6) is 1.20. The fourth-order valence-electron chi connectivity index (χ4n) is 1.90. The van der Waals surface area contributed by atoms with E-state index in [9.17, 15) is 9.00 Å². The van der Waals surface area contributed by atoms with Gasteiger partial charge in [-0.2, -0.15) is 0 Å². The number of thiazole rings is 1. The van der Waals surface area contributed by atoms with E-state index in [1.807, 2.05) is 19.1 Å². The third-order valence-corrected chi connectivity index (χ3v) is 5.41. The summed E-state index contributed by atoms with van der Waals surface area (Å²) in [7, 11) is -0.805. The van der Waals surface area contributed by atoms with Crippen LogP contribution in [0.5, 0.6) is 0 Å². The molecule has 3 N–H and O–H groups in total. The Kier molecular flexibility index (Phi) is 5.69. The number of nitrogens with one attached hydrogen (secondary N) is 1. The molecule has 1 heterocycles. The number of amides is 1. The minimum absolute atomic E-state index is 0.0875. The highest BCUT2D eigenvalue weighted by molar-refractivity contribution is 7.84. The summed E-state index contributed by atoms with van der Waals surface area (Å²) in [6.07, 6.45) is 1.91. The highest BCUT2D eigenvalue weighted by atomic mass is 32.2. The van der Waals surface area contributed by atoms with Crippen molar-refractivity contribution in [3.05, 3.63) is 18.2 Å². The van der Waals surface area contributed by atoms with Crippen LogP contribution in [0.15, 0.2) is 18.2 Å². The van der Waals surface area contributed by atoms with Crippen LogP contribution in [0.3, 0.4) is 0 Å². The molecule has 21 heavy (non-hydrogen) atoms. The van der Waals surface area contributed by atoms with Crippen LogP contribution in [0.2, 0.25) is 0 Å². The van der Waals surface area contributed by atoms with Crippen molar-refractivity contribution >= 4 is 49.1 Å². The highest BCUT2D eigenvalue weighted by Gasteiger charge is 2.08. The number of carbonyl (C=O) groups excluding carboxylic acids is 1. The first-order valence-electron chi connectivity index (χ1n) is 6.89. The number of anilines is 2. The lowest BCUT2D eigenvalue weighted by atomic mass is 10.3. The summed E-state index contributed by atoms with van der Waals surface area (Å²) < 4.78 is 12.4. The molecule has 1 atom stereocenters. The van der Waals surface area contributed by atoms with E-state index in [2.05, 4.69) is 10.3 Å². The summed E-state index contributed by atoms with van der Waals surface area (Å²) in [6.45, 7) is 2.00. The number of carbonyl (C=O) groups is 1. The first-order valence-corrected chi connectivity index (χ1v) is 9.20. The Labute approximate surface area is 130 Å². The topological polar surface area (TPSA) is 85.1 Å². The molecule has 1 unspecified atom stereocenters. The molecule has 0 saturated heterocycles. The van der Waals surface area contributed by atoms with Crippen LogP contribution >= 0.6 is 11.3 Å². The van der Waals surface area contributed by atoms with Crippen molar-refractivity contribution in [2.45, 2.75) is 26.2 Å². The fraction of sp³-hybridized carbons (Fsp3) is 0.429. The van der Waals surface area contributed by atoms with E-state index in [0.29, 0.717) is 35.2 Å². The second kappa shape index (κ2) is 7.51. The van der Waals surface area contributed by atoms with Gasteiger partial charge in [-0.3, -0.25) is 9.00 Å². The van der Waals surface area contributed by atoms with Gasteiger partial charge in [0.05, 0.1) is 10.2 Å². The normalized spacial score (nSPS) is 12.4. The van der Waals surface area contributed by atoms with E-state index in [1.165, 1.54) is 11.3 Å². The van der Waals surface area contributed by atoms with Gasteiger partial charge >= 0.3 is 0 Å².